The number of nitrogens with zero attached hydrogens (tertiary/aromatic N) is 1. The second-order valence-corrected chi connectivity index (χ2v) is 4.26. The number of esters is 1. The van der Waals surface area contributed by atoms with Gasteiger partial charge in [-0.2, -0.15) is 0 Å². The molecule has 0 bridgehead atoms. The first-order chi connectivity index (χ1) is 8.22. The highest BCUT2D eigenvalue weighted by molar-refractivity contribution is 9.10. The fraction of sp³-hybridized carbons (Fsp3) is 0.0769. The Bertz CT molecular complexity index is 540. The fourth-order valence-corrected chi connectivity index (χ4v) is 2.07. The molecule has 0 saturated heterocycles. The van der Waals surface area contributed by atoms with E-state index >= 15 is 0 Å². The molecular formula is C13H10BrNO2. The Balaban J connectivity index is 2.42. The summed E-state index contributed by atoms with van der Waals surface area (Å²) in [5.41, 5.74) is 2.31. The van der Waals surface area contributed by atoms with E-state index < -0.39 is 0 Å². The van der Waals surface area contributed by atoms with E-state index in [-0.39, 0.29) is 5.97 Å². The van der Waals surface area contributed by atoms with Crippen molar-refractivity contribution in [3.63, 3.8) is 0 Å². The molecule has 0 amide bonds. The Morgan fingerprint density at radius 3 is 2.71 bits per heavy atom. The van der Waals surface area contributed by atoms with E-state index in [0.29, 0.717) is 5.56 Å². The minimum absolute atomic E-state index is 0.349. The van der Waals surface area contributed by atoms with E-state index in [1.54, 1.807) is 18.3 Å². The molecule has 0 fully saturated rings. The number of aromatic nitrogens is 1. The highest BCUT2D eigenvalue weighted by atomic mass is 79.9. The van der Waals surface area contributed by atoms with Crippen LogP contribution in [0.1, 0.15) is 10.4 Å². The molecule has 1 heterocycles. The molecule has 1 aromatic carbocycles. The molecule has 86 valence electrons. The van der Waals surface area contributed by atoms with Crippen LogP contribution < -0.4 is 0 Å². The predicted octanol–water partition coefficient (Wildman–Crippen LogP) is 3.30. The summed E-state index contributed by atoms with van der Waals surface area (Å²) >= 11 is 3.43. The highest BCUT2D eigenvalue weighted by Crippen LogP contribution is 2.27. The smallest absolute Gasteiger partial charge is 0.337 e. The number of hydrogen-bond acceptors (Lipinski definition) is 3. The van der Waals surface area contributed by atoms with Gasteiger partial charge in [0.05, 0.1) is 18.4 Å². The summed E-state index contributed by atoms with van der Waals surface area (Å²) in [6.07, 6.45) is 1.73. The molecular weight excluding hydrogens is 282 g/mol. The molecule has 1 aromatic heterocycles. The number of ether oxygens (including phenoxy) is 1. The van der Waals surface area contributed by atoms with Crippen LogP contribution in [0.3, 0.4) is 0 Å². The number of benzene rings is 1. The molecule has 0 N–H and O–H groups in total. The molecule has 17 heavy (non-hydrogen) atoms. The van der Waals surface area contributed by atoms with Gasteiger partial charge >= 0.3 is 5.97 Å². The topological polar surface area (TPSA) is 39.2 Å². The lowest BCUT2D eigenvalue weighted by molar-refractivity contribution is 0.0600. The maximum Gasteiger partial charge on any atom is 0.337 e. The summed E-state index contributed by atoms with van der Waals surface area (Å²) < 4.78 is 5.48. The molecule has 3 nitrogen and oxygen atoms in total. The van der Waals surface area contributed by atoms with Gasteiger partial charge in [-0.05, 0) is 24.3 Å². The zero-order valence-corrected chi connectivity index (χ0v) is 10.8. The Morgan fingerprint density at radius 2 is 2.12 bits per heavy atom. The molecule has 0 aliphatic rings. The first-order valence-corrected chi connectivity index (χ1v) is 5.81. The predicted molar refractivity (Wildman–Crippen MR) is 68.7 cm³/mol. The van der Waals surface area contributed by atoms with Crippen molar-refractivity contribution in [1.29, 1.82) is 0 Å². The van der Waals surface area contributed by atoms with Gasteiger partial charge in [0.25, 0.3) is 0 Å². The van der Waals surface area contributed by atoms with Crippen LogP contribution in [0.5, 0.6) is 0 Å². The van der Waals surface area contributed by atoms with Gasteiger partial charge in [-0.25, -0.2) is 4.79 Å². The molecule has 2 rings (SSSR count). The molecule has 0 saturated carbocycles. The number of halogens is 1. The number of carbonyl (C=O) groups excluding carboxylic acids is 1. The van der Waals surface area contributed by atoms with Crippen molar-refractivity contribution in [2.45, 2.75) is 0 Å². The van der Waals surface area contributed by atoms with Gasteiger partial charge in [-0.3, -0.25) is 4.98 Å². The summed E-state index contributed by atoms with van der Waals surface area (Å²) in [5, 5.41) is 0. The van der Waals surface area contributed by atoms with Gasteiger partial charge in [0, 0.05) is 16.2 Å². The minimum Gasteiger partial charge on any atom is -0.465 e. The molecule has 4 heteroatoms. The normalized spacial score (nSPS) is 10.0. The van der Waals surface area contributed by atoms with Crippen molar-refractivity contribution in [2.75, 3.05) is 7.11 Å². The number of rotatable bonds is 2. The third-order valence-electron chi connectivity index (χ3n) is 2.33. The van der Waals surface area contributed by atoms with Crippen LogP contribution in [0.15, 0.2) is 47.1 Å². The summed E-state index contributed by atoms with van der Waals surface area (Å²) in [6, 6.07) is 11.0. The average Bonchev–Trinajstić information content (AvgIpc) is 2.38. The van der Waals surface area contributed by atoms with E-state index in [2.05, 4.69) is 25.7 Å². The van der Waals surface area contributed by atoms with Crippen molar-refractivity contribution in [3.8, 4) is 11.3 Å². The van der Waals surface area contributed by atoms with Crippen LogP contribution in [-0.4, -0.2) is 18.1 Å². The van der Waals surface area contributed by atoms with Gasteiger partial charge in [-0.15, -0.1) is 0 Å². The maximum atomic E-state index is 11.4. The first-order valence-electron chi connectivity index (χ1n) is 5.01. The SMILES string of the molecule is COC(=O)c1ccc(-c2ccccn2)c(Br)c1. The van der Waals surface area contributed by atoms with Crippen LogP contribution in [0.25, 0.3) is 11.3 Å². The van der Waals surface area contributed by atoms with E-state index in [0.717, 1.165) is 15.7 Å². The lowest BCUT2D eigenvalue weighted by atomic mass is 10.1. The van der Waals surface area contributed by atoms with Crippen LogP contribution in [0.2, 0.25) is 0 Å². The first kappa shape index (κ1) is 11.8. The average molecular weight is 292 g/mol. The van der Waals surface area contributed by atoms with Gasteiger partial charge in [0.1, 0.15) is 0 Å². The Labute approximate surface area is 108 Å². The molecule has 0 spiro atoms. The van der Waals surface area contributed by atoms with Gasteiger partial charge in [0.15, 0.2) is 0 Å². The third kappa shape index (κ3) is 2.53. The fourth-order valence-electron chi connectivity index (χ4n) is 1.49. The second-order valence-electron chi connectivity index (χ2n) is 3.40. The third-order valence-corrected chi connectivity index (χ3v) is 2.99. The molecule has 0 unspecified atom stereocenters. The number of hydrogen-bond donors (Lipinski definition) is 0. The Morgan fingerprint density at radius 1 is 1.29 bits per heavy atom. The second kappa shape index (κ2) is 5.10. The van der Waals surface area contributed by atoms with Crippen LogP contribution >= 0.6 is 15.9 Å². The lowest BCUT2D eigenvalue weighted by Gasteiger charge is -2.05. The van der Waals surface area contributed by atoms with Crippen LogP contribution in [0.4, 0.5) is 0 Å². The standard InChI is InChI=1S/C13H10BrNO2/c1-17-13(16)9-5-6-10(11(14)8-9)12-4-2-3-7-15-12/h2-8H,1H3. The van der Waals surface area contributed by atoms with E-state index in [4.69, 9.17) is 0 Å². The van der Waals surface area contributed by atoms with E-state index in [9.17, 15) is 4.79 Å². The molecule has 0 aliphatic heterocycles. The van der Waals surface area contributed by atoms with Crippen molar-refractivity contribution >= 4 is 21.9 Å². The van der Waals surface area contributed by atoms with Crippen molar-refractivity contribution in [2.24, 2.45) is 0 Å². The van der Waals surface area contributed by atoms with Crippen LogP contribution in [-0.2, 0) is 4.74 Å². The monoisotopic (exact) mass is 291 g/mol. The number of methoxy groups -OCH3 is 1. The summed E-state index contributed by atoms with van der Waals surface area (Å²) in [4.78, 5) is 15.6. The maximum absolute atomic E-state index is 11.4. The van der Waals surface area contributed by atoms with Crippen molar-refractivity contribution in [3.05, 3.63) is 52.6 Å². The molecule has 0 radical (unpaired) electrons. The molecule has 0 atom stereocenters. The van der Waals surface area contributed by atoms with E-state index in [1.807, 2.05) is 24.3 Å². The Hall–Kier alpha value is -1.68. The van der Waals surface area contributed by atoms with Crippen molar-refractivity contribution < 1.29 is 9.53 Å². The largest absolute Gasteiger partial charge is 0.465 e. The summed E-state index contributed by atoms with van der Waals surface area (Å²) in [6.45, 7) is 0. The van der Waals surface area contributed by atoms with Gasteiger partial charge < -0.3 is 4.74 Å². The van der Waals surface area contributed by atoms with Crippen LogP contribution in [0, 0.1) is 0 Å². The lowest BCUT2D eigenvalue weighted by Crippen LogP contribution is -2.01. The van der Waals surface area contributed by atoms with Crippen molar-refractivity contribution in [1.82, 2.24) is 4.98 Å². The number of pyridine rings is 1. The summed E-state index contributed by atoms with van der Waals surface area (Å²) in [5.74, 6) is -0.349. The Kier molecular flexibility index (Phi) is 3.54. The quantitative estimate of drug-likeness (QED) is 0.797. The van der Waals surface area contributed by atoms with E-state index in [1.165, 1.54) is 7.11 Å². The zero-order valence-electron chi connectivity index (χ0n) is 9.18. The van der Waals surface area contributed by atoms with Gasteiger partial charge in [0.2, 0.25) is 0 Å². The number of carbonyl (C=O) groups is 1. The van der Waals surface area contributed by atoms with Gasteiger partial charge in [-0.1, -0.05) is 28.1 Å². The molecule has 2 aromatic rings. The summed E-state index contributed by atoms with van der Waals surface area (Å²) in [7, 11) is 1.36. The minimum atomic E-state index is -0.349. The highest BCUT2D eigenvalue weighted by Gasteiger charge is 2.09. The molecule has 0 aliphatic carbocycles. The zero-order chi connectivity index (χ0) is 12.3.